The highest BCUT2D eigenvalue weighted by molar-refractivity contribution is 7.22. The van der Waals surface area contributed by atoms with E-state index in [1.165, 1.54) is 16.9 Å². The first-order valence-corrected chi connectivity index (χ1v) is 8.68. The summed E-state index contributed by atoms with van der Waals surface area (Å²) in [5, 5.41) is 11.8. The van der Waals surface area contributed by atoms with Gasteiger partial charge in [-0.3, -0.25) is 9.69 Å². The van der Waals surface area contributed by atoms with Crippen LogP contribution in [0.25, 0.3) is 10.2 Å². The van der Waals surface area contributed by atoms with E-state index in [0.29, 0.717) is 18.2 Å². The minimum atomic E-state index is -0.0459. The molecule has 2 aromatic heterocycles. The zero-order valence-corrected chi connectivity index (χ0v) is 14.4. The van der Waals surface area contributed by atoms with E-state index in [9.17, 15) is 4.79 Å². The van der Waals surface area contributed by atoms with Crippen molar-refractivity contribution in [2.45, 2.75) is 26.9 Å². The third kappa shape index (κ3) is 2.90. The number of nitrogens with zero attached hydrogens (tertiary/aromatic N) is 5. The number of carbonyl (C=O) groups excluding carboxylic acids is 1. The average Bonchev–Trinajstić information content (AvgIpc) is 3.10. The summed E-state index contributed by atoms with van der Waals surface area (Å²) in [6, 6.07) is 6.10. The van der Waals surface area contributed by atoms with Gasteiger partial charge >= 0.3 is 0 Å². The van der Waals surface area contributed by atoms with Gasteiger partial charge in [0, 0.05) is 13.1 Å². The van der Waals surface area contributed by atoms with E-state index in [1.807, 2.05) is 26.0 Å². The molecule has 3 aromatic rings. The van der Waals surface area contributed by atoms with E-state index in [1.54, 1.807) is 0 Å². The maximum atomic E-state index is 12.3. The molecule has 0 aliphatic carbocycles. The number of carbonyl (C=O) groups is 1. The average molecular weight is 342 g/mol. The molecule has 0 saturated heterocycles. The van der Waals surface area contributed by atoms with Crippen LogP contribution in [-0.2, 0) is 17.9 Å². The molecule has 0 spiro atoms. The Balaban J connectivity index is 1.41. The van der Waals surface area contributed by atoms with Crippen molar-refractivity contribution in [1.82, 2.24) is 24.6 Å². The fourth-order valence-corrected chi connectivity index (χ4v) is 3.92. The molecule has 24 heavy (non-hydrogen) atoms. The minimum Gasteiger partial charge on any atom is -0.313 e. The van der Waals surface area contributed by atoms with Crippen LogP contribution in [0.2, 0.25) is 0 Å². The van der Waals surface area contributed by atoms with Crippen LogP contribution < -0.4 is 5.32 Å². The summed E-state index contributed by atoms with van der Waals surface area (Å²) in [5.74, 6) is 1.80. The van der Waals surface area contributed by atoms with Crippen LogP contribution in [0, 0.1) is 13.8 Å². The number of amides is 1. The molecule has 1 aliphatic rings. The van der Waals surface area contributed by atoms with Crippen LogP contribution >= 0.6 is 11.3 Å². The smallest absolute Gasteiger partial charge is 0.240 e. The second kappa shape index (κ2) is 5.95. The van der Waals surface area contributed by atoms with Crippen molar-refractivity contribution in [3.8, 4) is 0 Å². The van der Waals surface area contributed by atoms with E-state index in [-0.39, 0.29) is 5.91 Å². The lowest BCUT2D eigenvalue weighted by Crippen LogP contribution is -2.39. The summed E-state index contributed by atoms with van der Waals surface area (Å²) in [5.41, 5.74) is 2.11. The van der Waals surface area contributed by atoms with Gasteiger partial charge in [0.1, 0.15) is 11.6 Å². The maximum absolute atomic E-state index is 12.3. The van der Waals surface area contributed by atoms with Crippen LogP contribution in [0.15, 0.2) is 18.2 Å². The predicted octanol–water partition coefficient (Wildman–Crippen LogP) is 1.96. The molecule has 8 heteroatoms. The van der Waals surface area contributed by atoms with Crippen LogP contribution in [0.4, 0.5) is 5.13 Å². The highest BCUT2D eigenvalue weighted by atomic mass is 32.1. The minimum absolute atomic E-state index is 0.0459. The van der Waals surface area contributed by atoms with Gasteiger partial charge in [0.05, 0.1) is 23.3 Å². The summed E-state index contributed by atoms with van der Waals surface area (Å²) in [6.45, 7) is 6.62. The van der Waals surface area contributed by atoms with E-state index in [2.05, 4.69) is 36.0 Å². The van der Waals surface area contributed by atoms with Crippen LogP contribution in [0.5, 0.6) is 0 Å². The molecule has 0 atom stereocenters. The monoisotopic (exact) mass is 342 g/mol. The molecule has 0 bridgehead atoms. The first-order valence-electron chi connectivity index (χ1n) is 7.86. The van der Waals surface area contributed by atoms with E-state index >= 15 is 0 Å². The number of rotatable bonds is 3. The van der Waals surface area contributed by atoms with Crippen molar-refractivity contribution in [2.75, 3.05) is 18.4 Å². The molecule has 4 rings (SSSR count). The molecular formula is C16H18N6OS. The predicted molar refractivity (Wildman–Crippen MR) is 93.0 cm³/mol. The molecule has 1 aromatic carbocycles. The highest BCUT2D eigenvalue weighted by Crippen LogP contribution is 2.26. The van der Waals surface area contributed by atoms with Crippen molar-refractivity contribution in [2.24, 2.45) is 0 Å². The van der Waals surface area contributed by atoms with Crippen LogP contribution in [0.1, 0.15) is 17.2 Å². The second-order valence-electron chi connectivity index (χ2n) is 6.06. The van der Waals surface area contributed by atoms with Gasteiger partial charge in [-0.15, -0.1) is 10.2 Å². The summed E-state index contributed by atoms with van der Waals surface area (Å²) >= 11 is 1.51. The number of aromatic nitrogens is 4. The van der Waals surface area contributed by atoms with Crippen LogP contribution in [-0.4, -0.2) is 43.6 Å². The zero-order valence-electron chi connectivity index (χ0n) is 13.6. The lowest BCUT2D eigenvalue weighted by molar-refractivity contribution is -0.117. The first-order chi connectivity index (χ1) is 11.6. The Morgan fingerprint density at radius 1 is 1.29 bits per heavy atom. The number of hydrogen-bond acceptors (Lipinski definition) is 6. The first kappa shape index (κ1) is 15.2. The fraction of sp³-hybridized carbons (Fsp3) is 0.375. The Kier molecular flexibility index (Phi) is 3.78. The van der Waals surface area contributed by atoms with Gasteiger partial charge in [0.2, 0.25) is 5.91 Å². The van der Waals surface area contributed by atoms with Crippen molar-refractivity contribution in [3.63, 3.8) is 0 Å². The molecule has 124 valence electrons. The molecule has 0 radical (unpaired) electrons. The lowest BCUT2D eigenvalue weighted by atomic mass is 10.2. The molecule has 1 aliphatic heterocycles. The molecule has 0 fully saturated rings. The Morgan fingerprint density at radius 3 is 3.04 bits per heavy atom. The van der Waals surface area contributed by atoms with Gasteiger partial charge in [0.15, 0.2) is 5.13 Å². The van der Waals surface area contributed by atoms with E-state index in [0.717, 1.165) is 35.0 Å². The number of benzene rings is 1. The number of fused-ring (bicyclic) bond motifs is 2. The van der Waals surface area contributed by atoms with Crippen molar-refractivity contribution < 1.29 is 4.79 Å². The third-order valence-corrected chi connectivity index (χ3v) is 5.11. The summed E-state index contributed by atoms with van der Waals surface area (Å²) < 4.78 is 3.19. The molecule has 3 heterocycles. The number of thiazole rings is 1. The summed E-state index contributed by atoms with van der Waals surface area (Å²) in [6.07, 6.45) is 0. The Hall–Kier alpha value is -2.32. The van der Waals surface area contributed by atoms with Crippen molar-refractivity contribution in [3.05, 3.63) is 35.4 Å². The van der Waals surface area contributed by atoms with Crippen molar-refractivity contribution >= 4 is 32.6 Å². The normalized spacial score (nSPS) is 14.8. The molecule has 1 amide bonds. The molecular weight excluding hydrogens is 324 g/mol. The molecule has 7 nitrogen and oxygen atoms in total. The van der Waals surface area contributed by atoms with Gasteiger partial charge < -0.3 is 9.88 Å². The third-order valence-electron chi connectivity index (χ3n) is 4.17. The van der Waals surface area contributed by atoms with E-state index < -0.39 is 0 Å². The summed E-state index contributed by atoms with van der Waals surface area (Å²) in [7, 11) is 0. The lowest BCUT2D eigenvalue weighted by Gasteiger charge is -2.26. The van der Waals surface area contributed by atoms with Gasteiger partial charge in [0.25, 0.3) is 0 Å². The topological polar surface area (TPSA) is 75.9 Å². The molecule has 1 N–H and O–H groups in total. The standard InChI is InChI=1S/C16H18N6OS/c1-10-3-4-12-13(7-10)24-16(17-12)18-15(23)9-21-5-6-22-11(2)19-20-14(22)8-21/h3-4,7H,5-6,8-9H2,1-2H3,(H,17,18,23). The van der Waals surface area contributed by atoms with Crippen LogP contribution in [0.3, 0.4) is 0 Å². The van der Waals surface area contributed by atoms with Gasteiger partial charge in [-0.1, -0.05) is 17.4 Å². The quantitative estimate of drug-likeness (QED) is 0.787. The zero-order chi connectivity index (χ0) is 16.7. The van der Waals surface area contributed by atoms with E-state index in [4.69, 9.17) is 0 Å². The molecule has 0 saturated carbocycles. The number of nitrogens with one attached hydrogen (secondary N) is 1. The second-order valence-corrected chi connectivity index (χ2v) is 7.09. The SMILES string of the molecule is Cc1ccc2nc(NC(=O)CN3CCn4c(C)nnc4C3)sc2c1. The maximum Gasteiger partial charge on any atom is 0.240 e. The highest BCUT2D eigenvalue weighted by Gasteiger charge is 2.21. The Labute approximate surface area is 143 Å². The largest absolute Gasteiger partial charge is 0.313 e. The number of aryl methyl sites for hydroxylation is 2. The fourth-order valence-electron chi connectivity index (χ4n) is 2.94. The van der Waals surface area contributed by atoms with Gasteiger partial charge in [-0.05, 0) is 31.5 Å². The van der Waals surface area contributed by atoms with Gasteiger partial charge in [-0.25, -0.2) is 4.98 Å². The number of anilines is 1. The Bertz CT molecular complexity index is 915. The number of hydrogen-bond donors (Lipinski definition) is 1. The van der Waals surface area contributed by atoms with Gasteiger partial charge in [-0.2, -0.15) is 0 Å². The molecule has 0 unspecified atom stereocenters. The van der Waals surface area contributed by atoms with Crippen molar-refractivity contribution in [1.29, 1.82) is 0 Å². The Morgan fingerprint density at radius 2 is 2.17 bits per heavy atom. The summed E-state index contributed by atoms with van der Waals surface area (Å²) in [4.78, 5) is 18.9.